The molecule has 2 aromatic rings. The lowest BCUT2D eigenvalue weighted by Crippen LogP contribution is -2.31. The molecule has 1 atom stereocenters. The van der Waals surface area contributed by atoms with Crippen molar-refractivity contribution in [2.24, 2.45) is 5.41 Å². The summed E-state index contributed by atoms with van der Waals surface area (Å²) in [5.74, 6) is 1.88. The zero-order chi connectivity index (χ0) is 19.2. The third-order valence-electron chi connectivity index (χ3n) is 6.92. The van der Waals surface area contributed by atoms with Gasteiger partial charge in [0.15, 0.2) is 0 Å². The first kappa shape index (κ1) is 17.0. The van der Waals surface area contributed by atoms with Crippen LogP contribution in [0.5, 0.6) is 0 Å². The summed E-state index contributed by atoms with van der Waals surface area (Å²) in [5.41, 5.74) is 4.63. The summed E-state index contributed by atoms with van der Waals surface area (Å²) < 4.78 is 0. The Morgan fingerprint density at radius 1 is 1.18 bits per heavy atom. The van der Waals surface area contributed by atoms with Gasteiger partial charge in [-0.2, -0.15) is 0 Å². The zero-order valence-electron chi connectivity index (χ0n) is 16.8. The van der Waals surface area contributed by atoms with Gasteiger partial charge in [0.2, 0.25) is 0 Å². The van der Waals surface area contributed by atoms with E-state index in [0.29, 0.717) is 23.9 Å². The Hall–Kier alpha value is -1.95. The number of anilines is 1. The van der Waals surface area contributed by atoms with E-state index in [1.165, 1.54) is 22.0 Å². The maximum Gasteiger partial charge on any atom is 0.256 e. The smallest absolute Gasteiger partial charge is 0.256 e. The van der Waals surface area contributed by atoms with Gasteiger partial charge >= 0.3 is 0 Å². The molecule has 28 heavy (non-hydrogen) atoms. The van der Waals surface area contributed by atoms with Crippen molar-refractivity contribution in [2.75, 3.05) is 11.4 Å². The van der Waals surface area contributed by atoms with Crippen LogP contribution in [0.15, 0.2) is 6.07 Å². The molecular weight excluding hydrogens is 368 g/mol. The monoisotopic (exact) mass is 394 g/mol. The Labute approximate surface area is 169 Å². The molecule has 2 fully saturated rings. The Kier molecular flexibility index (Phi) is 3.37. The molecule has 0 N–H and O–H groups in total. The van der Waals surface area contributed by atoms with Gasteiger partial charge in [0.25, 0.3) is 5.91 Å². The minimum absolute atomic E-state index is 0.180. The first-order chi connectivity index (χ1) is 13.4. The van der Waals surface area contributed by atoms with Gasteiger partial charge in [-0.05, 0) is 43.2 Å². The van der Waals surface area contributed by atoms with E-state index >= 15 is 0 Å². The van der Waals surface area contributed by atoms with Gasteiger partial charge in [-0.15, -0.1) is 11.3 Å². The number of hydrogen-bond donors (Lipinski definition) is 0. The van der Waals surface area contributed by atoms with Gasteiger partial charge in [-0.25, -0.2) is 9.97 Å². The number of aryl methyl sites for hydroxylation is 1. The highest BCUT2D eigenvalue weighted by atomic mass is 32.1. The third-order valence-corrected chi connectivity index (χ3v) is 8.12. The maximum absolute atomic E-state index is 12.7. The zero-order valence-corrected chi connectivity index (χ0v) is 17.6. The molecule has 2 aliphatic heterocycles. The van der Waals surface area contributed by atoms with Crippen LogP contribution in [0, 0.1) is 12.3 Å². The predicted octanol–water partition coefficient (Wildman–Crippen LogP) is 4.04. The number of pyridine rings is 1. The van der Waals surface area contributed by atoms with Crippen molar-refractivity contribution in [3.05, 3.63) is 38.5 Å². The van der Waals surface area contributed by atoms with E-state index in [2.05, 4.69) is 31.7 Å². The van der Waals surface area contributed by atoms with E-state index in [-0.39, 0.29) is 5.91 Å². The molecule has 6 rings (SSSR count). The summed E-state index contributed by atoms with van der Waals surface area (Å²) in [6.45, 7) is 9.32. The summed E-state index contributed by atoms with van der Waals surface area (Å²) in [6, 6.07) is 2.52. The van der Waals surface area contributed by atoms with Crippen LogP contribution in [0.1, 0.15) is 76.2 Å². The number of fused-ring (bicyclic) bond motifs is 2. The van der Waals surface area contributed by atoms with E-state index in [9.17, 15) is 4.79 Å². The lowest BCUT2D eigenvalue weighted by Gasteiger charge is -2.28. The highest BCUT2D eigenvalue weighted by Crippen LogP contribution is 2.59. The number of thiazole rings is 1. The van der Waals surface area contributed by atoms with E-state index in [1.54, 1.807) is 0 Å². The van der Waals surface area contributed by atoms with E-state index in [4.69, 9.17) is 9.97 Å². The Morgan fingerprint density at radius 2 is 1.96 bits per heavy atom. The van der Waals surface area contributed by atoms with Crippen LogP contribution >= 0.6 is 11.3 Å². The lowest BCUT2D eigenvalue weighted by molar-refractivity contribution is 0.0766. The first-order valence-electron chi connectivity index (χ1n) is 10.5. The van der Waals surface area contributed by atoms with Gasteiger partial charge in [0, 0.05) is 29.8 Å². The average molecular weight is 395 g/mol. The second kappa shape index (κ2) is 5.56. The number of carbonyl (C=O) groups excluding carboxylic acids is 1. The molecular formula is C22H26N4OS. The van der Waals surface area contributed by atoms with Gasteiger partial charge in [0.05, 0.1) is 35.0 Å². The molecule has 4 heterocycles. The van der Waals surface area contributed by atoms with Crippen molar-refractivity contribution in [3.63, 3.8) is 0 Å². The number of aromatic nitrogens is 2. The SMILES string of the molecule is Cc1cc2c(nc1N1CCc3nc(C4CC4(C)C)sc3C1)CN(C1CC1)C2=O. The van der Waals surface area contributed by atoms with Gasteiger partial charge < -0.3 is 9.80 Å². The number of nitrogens with zero attached hydrogens (tertiary/aromatic N) is 4. The van der Waals surface area contributed by atoms with Crippen LogP contribution in [0.25, 0.3) is 0 Å². The standard InChI is InChI=1S/C22H26N4OS/c1-12-8-14-17(10-26(21(14)27)13-4-5-13)23-19(12)25-7-6-16-18(11-25)28-20(24-16)15-9-22(15,2)3/h8,13,15H,4-7,9-11H2,1-3H3. The average Bonchev–Trinajstić information content (AvgIpc) is 3.53. The van der Waals surface area contributed by atoms with E-state index in [0.717, 1.165) is 55.0 Å². The lowest BCUT2D eigenvalue weighted by atomic mass is 10.1. The molecule has 0 spiro atoms. The highest BCUT2D eigenvalue weighted by molar-refractivity contribution is 7.11. The van der Waals surface area contributed by atoms with Gasteiger partial charge in [0.1, 0.15) is 5.82 Å². The highest BCUT2D eigenvalue weighted by Gasteiger charge is 2.49. The molecule has 6 heteroatoms. The summed E-state index contributed by atoms with van der Waals surface area (Å²) in [4.78, 5) is 28.5. The Balaban J connectivity index is 1.28. The maximum atomic E-state index is 12.7. The largest absolute Gasteiger partial charge is 0.351 e. The summed E-state index contributed by atoms with van der Waals surface area (Å²) in [5, 5.41) is 1.33. The number of carbonyl (C=O) groups is 1. The minimum atomic E-state index is 0.180. The Morgan fingerprint density at radius 3 is 2.68 bits per heavy atom. The van der Waals surface area contributed by atoms with E-state index < -0.39 is 0 Å². The van der Waals surface area contributed by atoms with Gasteiger partial charge in [-0.3, -0.25) is 4.79 Å². The fraction of sp³-hybridized carbons (Fsp3) is 0.591. The van der Waals surface area contributed by atoms with Crippen molar-refractivity contribution in [3.8, 4) is 0 Å². The number of amides is 1. The topological polar surface area (TPSA) is 49.3 Å². The van der Waals surface area contributed by atoms with Crippen LogP contribution in [-0.4, -0.2) is 33.4 Å². The molecule has 0 radical (unpaired) electrons. The molecule has 1 unspecified atom stereocenters. The van der Waals surface area contributed by atoms with Crippen LogP contribution in [0.4, 0.5) is 5.82 Å². The Bertz CT molecular complexity index is 1010. The minimum Gasteiger partial charge on any atom is -0.351 e. The van der Waals surface area contributed by atoms with Crippen molar-refractivity contribution in [2.45, 2.75) is 71.5 Å². The molecule has 2 aliphatic carbocycles. The molecule has 1 amide bonds. The molecule has 146 valence electrons. The normalized spacial score (nSPS) is 25.1. The number of hydrogen-bond acceptors (Lipinski definition) is 5. The van der Waals surface area contributed by atoms with Crippen molar-refractivity contribution in [1.82, 2.24) is 14.9 Å². The summed E-state index contributed by atoms with van der Waals surface area (Å²) in [7, 11) is 0. The van der Waals surface area contributed by atoms with Crippen molar-refractivity contribution >= 4 is 23.1 Å². The second-order valence-corrected chi connectivity index (χ2v) is 10.7. The molecule has 0 bridgehead atoms. The number of rotatable bonds is 3. The van der Waals surface area contributed by atoms with Gasteiger partial charge in [-0.1, -0.05) is 13.8 Å². The van der Waals surface area contributed by atoms with Crippen LogP contribution in [0.2, 0.25) is 0 Å². The first-order valence-corrected chi connectivity index (χ1v) is 11.3. The van der Waals surface area contributed by atoms with Crippen LogP contribution in [-0.2, 0) is 19.5 Å². The molecule has 0 saturated heterocycles. The van der Waals surface area contributed by atoms with Crippen molar-refractivity contribution < 1.29 is 4.79 Å². The van der Waals surface area contributed by atoms with Crippen molar-refractivity contribution in [1.29, 1.82) is 0 Å². The predicted molar refractivity (Wildman–Crippen MR) is 110 cm³/mol. The molecule has 2 aromatic heterocycles. The second-order valence-electron chi connectivity index (χ2n) is 9.63. The van der Waals surface area contributed by atoms with E-state index in [1.807, 2.05) is 16.2 Å². The summed E-state index contributed by atoms with van der Waals surface area (Å²) >= 11 is 1.91. The molecule has 2 saturated carbocycles. The fourth-order valence-electron chi connectivity index (χ4n) is 4.77. The molecule has 4 aliphatic rings. The molecule has 5 nitrogen and oxygen atoms in total. The third kappa shape index (κ3) is 2.53. The quantitative estimate of drug-likeness (QED) is 0.788. The fourth-order valence-corrected chi connectivity index (χ4v) is 6.21. The molecule has 0 aromatic carbocycles. The van der Waals surface area contributed by atoms with Crippen LogP contribution in [0.3, 0.4) is 0 Å². The summed E-state index contributed by atoms with van der Waals surface area (Å²) in [6.07, 6.45) is 4.54. The van der Waals surface area contributed by atoms with Crippen LogP contribution < -0.4 is 4.90 Å².